The van der Waals surface area contributed by atoms with E-state index in [0.717, 1.165) is 22.3 Å². The predicted octanol–water partition coefficient (Wildman–Crippen LogP) is 5.86. The third kappa shape index (κ3) is 18.8. The molecule has 412 valence electrons. The monoisotopic (exact) mass is 1100 g/mol. The minimum absolute atomic E-state index is 0.0175. The van der Waals surface area contributed by atoms with E-state index in [-0.39, 0.29) is 96.1 Å². The molecule has 6 aromatic rings. The molecule has 77 heavy (non-hydrogen) atoms. The summed E-state index contributed by atoms with van der Waals surface area (Å²) in [5, 5.41) is 12.6. The van der Waals surface area contributed by atoms with Gasteiger partial charge in [-0.3, -0.25) is 33.1 Å². The molecule has 5 N–H and O–H groups in total. The van der Waals surface area contributed by atoms with Gasteiger partial charge in [0, 0.05) is 38.5 Å². The summed E-state index contributed by atoms with van der Waals surface area (Å²) in [6.07, 6.45) is 2.69. The molecule has 0 radical (unpaired) electrons. The summed E-state index contributed by atoms with van der Waals surface area (Å²) in [6, 6.07) is 32.1. The standard InChI is InChI=1S/C55H71N9O11P2/c1-5-72-52(66)45(35-41-21-13-9-14-22-41)59-76(70,60-46(53(67)73-6-2)36-42-23-15-10-16-24-42)33-31-63(29-30-64-40-58-49-50(64)56-39-57-51(49)65)32-34-77(71,61-47(54(68)74-7-3)37-43-25-17-11-18-26-43)62-48(55(69)75-8-4)38-44-27-19-12-20-28-44/h9-28,39-40,45-48H,5-8,29-38H2,1-4H3,(H,56,57,65)(H2,59,60,70)(H2,61,62,71)/t45-,46-,47-,48+,77?/m0/s1. The smallest absolute Gasteiger partial charge is 0.323 e. The highest BCUT2D eigenvalue weighted by Gasteiger charge is 2.38. The Hall–Kier alpha value is -6.63. The fourth-order valence-corrected chi connectivity index (χ4v) is 13.2. The number of hydrogen-bond donors (Lipinski definition) is 5. The Bertz CT molecular complexity index is 2660. The van der Waals surface area contributed by atoms with Crippen molar-refractivity contribution in [3.05, 3.63) is 167 Å². The van der Waals surface area contributed by atoms with Gasteiger partial charge in [0.05, 0.1) is 39.1 Å². The third-order valence-corrected chi connectivity index (χ3v) is 17.0. The molecule has 2 aromatic heterocycles. The second-order valence-corrected chi connectivity index (χ2v) is 23.0. The number of imidazole rings is 1. The highest BCUT2D eigenvalue weighted by Crippen LogP contribution is 2.41. The highest BCUT2D eigenvalue weighted by molar-refractivity contribution is 7.60. The SMILES string of the molecule is CCOC(=O)[C@H](Cc1ccccc1)NP(=O)(CCN(CCn1cnc2c(=O)[nH]cnc21)CCP(=O)(N[C@@H](Cc1ccccc1)C(=O)OCC)N[C@H](Cc1ccccc1)C(=O)OCC)N[C@@H](Cc1ccccc1)C(=O)OCC. The van der Waals surface area contributed by atoms with Crippen LogP contribution in [0.1, 0.15) is 49.9 Å². The molecule has 0 saturated carbocycles. The summed E-state index contributed by atoms with van der Waals surface area (Å²) in [7, 11) is -8.23. The van der Waals surface area contributed by atoms with E-state index in [4.69, 9.17) is 18.9 Å². The lowest BCUT2D eigenvalue weighted by molar-refractivity contribution is -0.146. The van der Waals surface area contributed by atoms with E-state index in [1.54, 1.807) is 32.3 Å². The molecular weight excluding hydrogens is 1020 g/mol. The van der Waals surface area contributed by atoms with Crippen LogP contribution in [-0.2, 0) is 79.5 Å². The zero-order valence-electron chi connectivity index (χ0n) is 44.1. The molecule has 0 spiro atoms. The van der Waals surface area contributed by atoms with E-state index in [2.05, 4.69) is 35.3 Å². The molecule has 2 heterocycles. The van der Waals surface area contributed by atoms with Crippen molar-refractivity contribution in [1.82, 2.24) is 44.8 Å². The zero-order chi connectivity index (χ0) is 55.0. The first-order valence-corrected chi connectivity index (χ1v) is 29.7. The van der Waals surface area contributed by atoms with Crippen molar-refractivity contribution < 1.29 is 47.3 Å². The minimum atomic E-state index is -4.12. The lowest BCUT2D eigenvalue weighted by Crippen LogP contribution is -2.48. The fraction of sp³-hybridized carbons (Fsp3) is 0.400. The van der Waals surface area contributed by atoms with Crippen LogP contribution in [0.4, 0.5) is 0 Å². The van der Waals surface area contributed by atoms with Gasteiger partial charge in [0.2, 0.25) is 14.9 Å². The Morgan fingerprint density at radius 1 is 0.519 bits per heavy atom. The molecule has 6 rings (SSSR count). The second kappa shape index (κ2) is 30.3. The number of aromatic amines is 1. The fourth-order valence-electron chi connectivity index (χ4n) is 8.64. The minimum Gasteiger partial charge on any atom is -0.465 e. The number of esters is 4. The van der Waals surface area contributed by atoms with E-state index in [1.807, 2.05) is 126 Å². The molecule has 20 nitrogen and oxygen atoms in total. The molecule has 0 aliphatic rings. The molecule has 0 amide bonds. The number of carbonyl (C=O) groups excluding carboxylic acids is 4. The number of fused-ring (bicyclic) bond motifs is 1. The number of nitrogens with zero attached hydrogens (tertiary/aromatic N) is 4. The van der Waals surface area contributed by atoms with E-state index < -0.39 is 68.5 Å². The van der Waals surface area contributed by atoms with Gasteiger partial charge in [0.25, 0.3) is 5.56 Å². The van der Waals surface area contributed by atoms with Gasteiger partial charge in [0.1, 0.15) is 24.2 Å². The lowest BCUT2D eigenvalue weighted by Gasteiger charge is -2.33. The lowest BCUT2D eigenvalue weighted by atomic mass is 10.1. The second-order valence-electron chi connectivity index (χ2n) is 18.1. The number of hydrogen-bond acceptors (Lipinski definition) is 14. The molecular formula is C55H71N9O11P2. The molecule has 0 bridgehead atoms. The Morgan fingerprint density at radius 3 is 1.16 bits per heavy atom. The summed E-state index contributed by atoms with van der Waals surface area (Å²) in [6.45, 7) is 7.20. The Kier molecular flexibility index (Phi) is 23.5. The first-order chi connectivity index (χ1) is 37.2. The molecule has 0 aliphatic carbocycles. The van der Waals surface area contributed by atoms with E-state index in [0.29, 0.717) is 5.65 Å². The van der Waals surface area contributed by atoms with Crippen LogP contribution in [0.2, 0.25) is 0 Å². The topological polar surface area (TPSA) is 254 Å². The van der Waals surface area contributed by atoms with Crippen LogP contribution in [0.15, 0.2) is 139 Å². The molecule has 0 fully saturated rings. The normalized spacial score (nSPS) is 14.0. The molecule has 0 aliphatic heterocycles. The van der Waals surface area contributed by atoms with Crippen LogP contribution >= 0.6 is 14.9 Å². The summed E-state index contributed by atoms with van der Waals surface area (Å²) < 4.78 is 55.8. The summed E-state index contributed by atoms with van der Waals surface area (Å²) in [5.74, 6) is -2.62. The van der Waals surface area contributed by atoms with Crippen LogP contribution in [0, 0.1) is 0 Å². The third-order valence-electron chi connectivity index (χ3n) is 12.4. The number of carbonyl (C=O) groups is 4. The van der Waals surface area contributed by atoms with Crippen molar-refractivity contribution in [2.24, 2.45) is 0 Å². The van der Waals surface area contributed by atoms with Crippen LogP contribution in [0.3, 0.4) is 0 Å². The van der Waals surface area contributed by atoms with Crippen molar-refractivity contribution in [3.63, 3.8) is 0 Å². The Morgan fingerprint density at radius 2 is 0.844 bits per heavy atom. The van der Waals surface area contributed by atoms with Gasteiger partial charge in [0.15, 0.2) is 11.2 Å². The molecule has 0 saturated heterocycles. The first kappa shape index (κ1) is 59.6. The average Bonchev–Trinajstić information content (AvgIpc) is 3.86. The van der Waals surface area contributed by atoms with Gasteiger partial charge in [-0.1, -0.05) is 121 Å². The number of H-pyrrole nitrogens is 1. The first-order valence-electron chi connectivity index (χ1n) is 26.0. The molecule has 4 aromatic carbocycles. The molecule has 1 unspecified atom stereocenters. The van der Waals surface area contributed by atoms with Gasteiger partial charge in [-0.2, -0.15) is 0 Å². The Balaban J connectivity index is 1.41. The predicted molar refractivity (Wildman–Crippen MR) is 294 cm³/mol. The van der Waals surface area contributed by atoms with Gasteiger partial charge in [-0.25, -0.2) is 30.3 Å². The van der Waals surface area contributed by atoms with E-state index >= 15 is 9.13 Å². The quantitative estimate of drug-likeness (QED) is 0.0184. The van der Waals surface area contributed by atoms with Crippen molar-refractivity contribution >= 4 is 49.9 Å². The maximum atomic E-state index is 16.0. The van der Waals surface area contributed by atoms with Crippen molar-refractivity contribution in [2.75, 3.05) is 58.4 Å². The molecule has 5 atom stereocenters. The van der Waals surface area contributed by atoms with Crippen LogP contribution < -0.4 is 25.9 Å². The van der Waals surface area contributed by atoms with E-state index in [1.165, 1.54) is 12.7 Å². The van der Waals surface area contributed by atoms with E-state index in [9.17, 15) is 24.0 Å². The Labute approximate surface area is 449 Å². The van der Waals surface area contributed by atoms with Crippen LogP contribution in [0.5, 0.6) is 0 Å². The number of rotatable bonds is 33. The van der Waals surface area contributed by atoms with Crippen LogP contribution in [-0.4, -0.2) is 131 Å². The highest BCUT2D eigenvalue weighted by atomic mass is 31.2. The summed E-state index contributed by atoms with van der Waals surface area (Å²) in [4.78, 5) is 81.2. The maximum absolute atomic E-state index is 16.0. The van der Waals surface area contributed by atoms with Crippen molar-refractivity contribution in [1.29, 1.82) is 0 Å². The number of aromatic nitrogens is 4. The maximum Gasteiger partial charge on any atom is 0.323 e. The number of nitrogens with one attached hydrogen (secondary N) is 5. The van der Waals surface area contributed by atoms with Gasteiger partial charge < -0.3 is 33.4 Å². The van der Waals surface area contributed by atoms with Crippen molar-refractivity contribution in [3.8, 4) is 0 Å². The largest absolute Gasteiger partial charge is 0.465 e. The zero-order valence-corrected chi connectivity index (χ0v) is 45.9. The van der Waals surface area contributed by atoms with Gasteiger partial charge in [-0.05, 0) is 75.6 Å². The van der Waals surface area contributed by atoms with Crippen LogP contribution in [0.25, 0.3) is 11.2 Å². The average molecular weight is 1100 g/mol. The molecule has 22 heteroatoms. The van der Waals surface area contributed by atoms with Gasteiger partial charge in [-0.15, -0.1) is 0 Å². The van der Waals surface area contributed by atoms with Crippen molar-refractivity contribution in [2.45, 2.75) is 84.1 Å². The number of ether oxygens (including phenoxy) is 4. The number of benzene rings is 4. The summed E-state index contributed by atoms with van der Waals surface area (Å²) >= 11 is 0. The van der Waals surface area contributed by atoms with Gasteiger partial charge >= 0.3 is 23.9 Å². The summed E-state index contributed by atoms with van der Waals surface area (Å²) in [5.41, 5.74) is 3.03.